The van der Waals surface area contributed by atoms with E-state index in [4.69, 9.17) is 4.74 Å². The molecule has 1 aromatic rings. The highest BCUT2D eigenvalue weighted by Crippen LogP contribution is 2.40. The van der Waals surface area contributed by atoms with Crippen molar-refractivity contribution in [3.63, 3.8) is 0 Å². The Morgan fingerprint density at radius 1 is 1.19 bits per heavy atom. The highest BCUT2D eigenvalue weighted by molar-refractivity contribution is 6.02. The lowest BCUT2D eigenvalue weighted by molar-refractivity contribution is -0.132. The number of benzene rings is 1. The summed E-state index contributed by atoms with van der Waals surface area (Å²) in [6, 6.07) is 4.24. The van der Waals surface area contributed by atoms with E-state index < -0.39 is 5.60 Å². The monoisotopic (exact) mass is 289 g/mol. The second kappa shape index (κ2) is 6.08. The standard InChI is InChI=1S/C18H27NO2/c1-6-8-10-19-15-11-13(3)14(9-7-2)12-16(15)21-18(4,5)17(19)20/h11-12H,6-10H2,1-5H3. The molecule has 1 aliphatic rings. The first-order valence-corrected chi connectivity index (χ1v) is 8.05. The van der Waals surface area contributed by atoms with Crippen LogP contribution < -0.4 is 9.64 Å². The van der Waals surface area contributed by atoms with Gasteiger partial charge in [-0.1, -0.05) is 26.7 Å². The quantitative estimate of drug-likeness (QED) is 0.811. The van der Waals surface area contributed by atoms with Crippen LogP contribution in [0.4, 0.5) is 5.69 Å². The van der Waals surface area contributed by atoms with E-state index in [1.165, 1.54) is 11.1 Å². The molecule has 1 aliphatic heterocycles. The predicted molar refractivity (Wildman–Crippen MR) is 87.1 cm³/mol. The number of nitrogens with zero attached hydrogens (tertiary/aromatic N) is 1. The summed E-state index contributed by atoms with van der Waals surface area (Å²) in [6.45, 7) is 10.9. The van der Waals surface area contributed by atoms with Gasteiger partial charge in [0.05, 0.1) is 5.69 Å². The molecular formula is C18H27NO2. The molecule has 1 heterocycles. The molecule has 3 heteroatoms. The molecule has 3 nitrogen and oxygen atoms in total. The molecule has 0 fully saturated rings. The van der Waals surface area contributed by atoms with Crippen molar-refractivity contribution in [2.45, 2.75) is 65.9 Å². The van der Waals surface area contributed by atoms with Crippen molar-refractivity contribution in [2.75, 3.05) is 11.4 Å². The fourth-order valence-corrected chi connectivity index (χ4v) is 2.84. The molecule has 0 saturated carbocycles. The third-order valence-corrected chi connectivity index (χ3v) is 4.09. The molecule has 116 valence electrons. The Bertz CT molecular complexity index is 534. The lowest BCUT2D eigenvalue weighted by Gasteiger charge is -2.39. The van der Waals surface area contributed by atoms with Crippen LogP contribution in [-0.2, 0) is 11.2 Å². The van der Waals surface area contributed by atoms with Gasteiger partial charge in [0.15, 0.2) is 5.60 Å². The second-order valence-corrected chi connectivity index (χ2v) is 6.42. The molecular weight excluding hydrogens is 262 g/mol. The Hall–Kier alpha value is -1.51. The van der Waals surface area contributed by atoms with Crippen molar-refractivity contribution >= 4 is 11.6 Å². The van der Waals surface area contributed by atoms with Crippen LogP contribution in [0.25, 0.3) is 0 Å². The van der Waals surface area contributed by atoms with Gasteiger partial charge in [0.1, 0.15) is 5.75 Å². The fourth-order valence-electron chi connectivity index (χ4n) is 2.84. The molecule has 2 rings (SSSR count). The van der Waals surface area contributed by atoms with E-state index in [1.807, 2.05) is 18.7 Å². The number of unbranched alkanes of at least 4 members (excludes halogenated alkanes) is 1. The van der Waals surface area contributed by atoms with Gasteiger partial charge in [0.2, 0.25) is 0 Å². The molecule has 0 aromatic heterocycles. The number of rotatable bonds is 5. The molecule has 0 unspecified atom stereocenters. The van der Waals surface area contributed by atoms with E-state index >= 15 is 0 Å². The van der Waals surface area contributed by atoms with Crippen molar-refractivity contribution in [2.24, 2.45) is 0 Å². The van der Waals surface area contributed by atoms with Crippen molar-refractivity contribution in [3.8, 4) is 5.75 Å². The van der Waals surface area contributed by atoms with Gasteiger partial charge in [-0.3, -0.25) is 4.79 Å². The number of fused-ring (bicyclic) bond motifs is 1. The lowest BCUT2D eigenvalue weighted by Crippen LogP contribution is -2.52. The van der Waals surface area contributed by atoms with Crippen LogP contribution in [0.15, 0.2) is 12.1 Å². The molecule has 1 aromatic carbocycles. The average molecular weight is 289 g/mol. The minimum atomic E-state index is -0.778. The molecule has 0 radical (unpaired) electrons. The van der Waals surface area contributed by atoms with Gasteiger partial charge in [-0.15, -0.1) is 0 Å². The maximum atomic E-state index is 12.6. The minimum absolute atomic E-state index is 0.0612. The van der Waals surface area contributed by atoms with E-state index in [9.17, 15) is 4.79 Å². The topological polar surface area (TPSA) is 29.5 Å². The van der Waals surface area contributed by atoms with Gasteiger partial charge in [0.25, 0.3) is 5.91 Å². The zero-order chi connectivity index (χ0) is 15.6. The second-order valence-electron chi connectivity index (χ2n) is 6.42. The Kier molecular flexibility index (Phi) is 4.60. The van der Waals surface area contributed by atoms with E-state index in [1.54, 1.807) is 0 Å². The number of ether oxygens (including phenoxy) is 1. The van der Waals surface area contributed by atoms with E-state index in [0.29, 0.717) is 0 Å². The van der Waals surface area contributed by atoms with Crippen molar-refractivity contribution in [1.82, 2.24) is 0 Å². The number of hydrogen-bond donors (Lipinski definition) is 0. The molecule has 0 N–H and O–H groups in total. The molecule has 0 atom stereocenters. The van der Waals surface area contributed by atoms with Gasteiger partial charge >= 0.3 is 0 Å². The first-order valence-electron chi connectivity index (χ1n) is 8.05. The highest BCUT2D eigenvalue weighted by atomic mass is 16.5. The Morgan fingerprint density at radius 3 is 2.52 bits per heavy atom. The maximum Gasteiger partial charge on any atom is 0.270 e. The fraction of sp³-hybridized carbons (Fsp3) is 0.611. The molecule has 1 amide bonds. The predicted octanol–water partition coefficient (Wildman–Crippen LogP) is 4.25. The highest BCUT2D eigenvalue weighted by Gasteiger charge is 2.40. The number of amides is 1. The van der Waals surface area contributed by atoms with Crippen LogP contribution in [0.2, 0.25) is 0 Å². The molecule has 0 saturated heterocycles. The third-order valence-electron chi connectivity index (χ3n) is 4.09. The van der Waals surface area contributed by atoms with Gasteiger partial charge in [-0.25, -0.2) is 0 Å². The zero-order valence-electron chi connectivity index (χ0n) is 14.0. The summed E-state index contributed by atoms with van der Waals surface area (Å²) in [7, 11) is 0. The van der Waals surface area contributed by atoms with Crippen LogP contribution in [0, 0.1) is 6.92 Å². The number of carbonyl (C=O) groups is 1. The Morgan fingerprint density at radius 2 is 1.90 bits per heavy atom. The van der Waals surface area contributed by atoms with E-state index in [0.717, 1.165) is 43.7 Å². The van der Waals surface area contributed by atoms with Crippen LogP contribution in [-0.4, -0.2) is 18.1 Å². The first kappa shape index (κ1) is 15.9. The van der Waals surface area contributed by atoms with Crippen molar-refractivity contribution in [3.05, 3.63) is 23.3 Å². The number of aryl methyl sites for hydroxylation is 2. The number of anilines is 1. The Balaban J connectivity index is 2.46. The molecule has 21 heavy (non-hydrogen) atoms. The number of carbonyl (C=O) groups excluding carboxylic acids is 1. The summed E-state index contributed by atoms with van der Waals surface area (Å²) in [5.74, 6) is 0.913. The smallest absolute Gasteiger partial charge is 0.270 e. The Labute approximate surface area is 128 Å². The van der Waals surface area contributed by atoms with Gasteiger partial charge in [-0.05, 0) is 56.9 Å². The molecule has 0 bridgehead atoms. The number of hydrogen-bond acceptors (Lipinski definition) is 2. The van der Waals surface area contributed by atoms with Crippen LogP contribution in [0.3, 0.4) is 0 Å². The van der Waals surface area contributed by atoms with Crippen LogP contribution >= 0.6 is 0 Å². The normalized spacial score (nSPS) is 16.6. The SMILES string of the molecule is CCCCN1C(=O)C(C)(C)Oc2cc(CCC)c(C)cc21. The van der Waals surface area contributed by atoms with Crippen molar-refractivity contribution < 1.29 is 9.53 Å². The summed E-state index contributed by atoms with van der Waals surface area (Å²) in [5.41, 5.74) is 2.72. The summed E-state index contributed by atoms with van der Waals surface area (Å²) < 4.78 is 5.99. The van der Waals surface area contributed by atoms with Gasteiger partial charge < -0.3 is 9.64 Å². The average Bonchev–Trinajstić information content (AvgIpc) is 2.42. The van der Waals surface area contributed by atoms with Gasteiger partial charge in [0, 0.05) is 6.54 Å². The summed E-state index contributed by atoms with van der Waals surface area (Å²) in [4.78, 5) is 14.5. The van der Waals surface area contributed by atoms with Crippen molar-refractivity contribution in [1.29, 1.82) is 0 Å². The van der Waals surface area contributed by atoms with E-state index in [2.05, 4.69) is 32.9 Å². The molecule has 0 spiro atoms. The first-order chi connectivity index (χ1) is 9.90. The van der Waals surface area contributed by atoms with E-state index in [-0.39, 0.29) is 5.91 Å². The van der Waals surface area contributed by atoms with Gasteiger partial charge in [-0.2, -0.15) is 0 Å². The lowest BCUT2D eigenvalue weighted by atomic mass is 9.98. The summed E-state index contributed by atoms with van der Waals surface area (Å²) >= 11 is 0. The maximum absolute atomic E-state index is 12.6. The summed E-state index contributed by atoms with van der Waals surface area (Å²) in [6.07, 6.45) is 4.25. The summed E-state index contributed by atoms with van der Waals surface area (Å²) in [5, 5.41) is 0. The molecule has 0 aliphatic carbocycles. The largest absolute Gasteiger partial charge is 0.476 e. The minimum Gasteiger partial charge on any atom is -0.476 e. The third kappa shape index (κ3) is 3.07. The van der Waals surface area contributed by atoms with Crippen LogP contribution in [0.1, 0.15) is 58.1 Å². The zero-order valence-corrected chi connectivity index (χ0v) is 14.0. The van der Waals surface area contributed by atoms with Crippen LogP contribution in [0.5, 0.6) is 5.75 Å².